The Labute approximate surface area is 390 Å². The molecule has 3 unspecified atom stereocenters. The molecule has 364 valence electrons. The second kappa shape index (κ2) is 50.3. The molecule has 0 heterocycles. The number of esters is 1. The third-order valence-corrected chi connectivity index (χ3v) is 11.8. The van der Waals surface area contributed by atoms with Gasteiger partial charge in [-0.3, -0.25) is 9.59 Å². The van der Waals surface area contributed by atoms with Gasteiger partial charge in [-0.1, -0.05) is 222 Å². The van der Waals surface area contributed by atoms with Crippen LogP contribution in [0.25, 0.3) is 0 Å². The number of nitrogens with one attached hydrogen (secondary N) is 1. The maximum atomic E-state index is 13.2. The SMILES string of the molecule is CC/C=C/C/C=C/C/C=C/C/C=C/CCCC(CC(=O)NC(CO)C(O)CCCCCCCCCCCCCCC)OC(=O)CCCCCCCCC/C=C\C/C=C\CCCCC. The quantitative estimate of drug-likeness (QED) is 0.0321. The van der Waals surface area contributed by atoms with Crippen LogP contribution in [0, 0.1) is 0 Å². The van der Waals surface area contributed by atoms with E-state index in [4.69, 9.17) is 4.74 Å². The third-order valence-electron chi connectivity index (χ3n) is 11.8. The van der Waals surface area contributed by atoms with E-state index >= 15 is 0 Å². The highest BCUT2D eigenvalue weighted by molar-refractivity contribution is 5.77. The molecular formula is C57H101NO5. The van der Waals surface area contributed by atoms with Gasteiger partial charge in [0, 0.05) is 6.42 Å². The van der Waals surface area contributed by atoms with E-state index in [1.54, 1.807) is 0 Å². The molecule has 0 rings (SSSR count). The van der Waals surface area contributed by atoms with E-state index < -0.39 is 18.2 Å². The number of amides is 1. The number of aliphatic hydroxyl groups is 2. The Balaban J connectivity index is 4.65. The molecule has 0 fully saturated rings. The number of carbonyl (C=O) groups excluding carboxylic acids is 2. The van der Waals surface area contributed by atoms with Crippen molar-refractivity contribution in [2.75, 3.05) is 6.61 Å². The van der Waals surface area contributed by atoms with Crippen LogP contribution < -0.4 is 5.32 Å². The lowest BCUT2D eigenvalue weighted by atomic mass is 10.0. The largest absolute Gasteiger partial charge is 0.462 e. The summed E-state index contributed by atoms with van der Waals surface area (Å²) < 4.78 is 5.91. The van der Waals surface area contributed by atoms with Gasteiger partial charge in [0.25, 0.3) is 0 Å². The molecule has 0 aromatic rings. The van der Waals surface area contributed by atoms with Crippen LogP contribution in [0.15, 0.2) is 72.9 Å². The third kappa shape index (κ3) is 45.7. The van der Waals surface area contributed by atoms with E-state index in [0.29, 0.717) is 19.3 Å². The van der Waals surface area contributed by atoms with Gasteiger partial charge in [-0.2, -0.15) is 0 Å². The molecule has 6 heteroatoms. The van der Waals surface area contributed by atoms with E-state index in [2.05, 4.69) is 99.0 Å². The Morgan fingerprint density at radius 1 is 0.476 bits per heavy atom. The molecule has 3 N–H and O–H groups in total. The van der Waals surface area contributed by atoms with Gasteiger partial charge < -0.3 is 20.3 Å². The van der Waals surface area contributed by atoms with Crippen molar-refractivity contribution >= 4 is 11.9 Å². The van der Waals surface area contributed by atoms with Gasteiger partial charge in [-0.25, -0.2) is 0 Å². The molecule has 0 spiro atoms. The lowest BCUT2D eigenvalue weighted by Gasteiger charge is -2.24. The molecule has 0 aliphatic heterocycles. The average Bonchev–Trinajstić information content (AvgIpc) is 3.28. The van der Waals surface area contributed by atoms with Crippen molar-refractivity contribution < 1.29 is 24.5 Å². The van der Waals surface area contributed by atoms with Crippen LogP contribution in [0.3, 0.4) is 0 Å². The maximum absolute atomic E-state index is 13.2. The number of allylic oxidation sites excluding steroid dienone is 12. The molecule has 0 aromatic heterocycles. The predicted molar refractivity (Wildman–Crippen MR) is 273 cm³/mol. The number of unbranched alkanes of at least 4 members (excludes halogenated alkanes) is 23. The smallest absolute Gasteiger partial charge is 0.306 e. The highest BCUT2D eigenvalue weighted by Crippen LogP contribution is 2.17. The fourth-order valence-electron chi connectivity index (χ4n) is 7.75. The standard InChI is InChI=1S/C57H101NO5/c1-4-7-10-13-16-19-22-25-27-28-29-32-35-38-41-44-47-50-57(62)63-53(48-45-42-39-36-33-31-26-23-20-17-14-11-8-5-2)51-56(61)58-54(52-59)55(60)49-46-43-40-37-34-30-24-21-18-15-12-9-6-3/h8,11,16-17,19-20,25-27,31,36,39,53-55,59-60H,4-7,9-10,12-15,18,21-24,28-30,32-35,37-38,40-52H2,1-3H3,(H,58,61)/b11-8+,19-16-,20-17+,27-25-,31-26+,39-36+. The maximum Gasteiger partial charge on any atom is 0.306 e. The second-order valence-electron chi connectivity index (χ2n) is 17.9. The van der Waals surface area contributed by atoms with Gasteiger partial charge in [0.1, 0.15) is 6.10 Å². The second-order valence-corrected chi connectivity index (χ2v) is 17.9. The Kier molecular flexibility index (Phi) is 48.1. The zero-order valence-corrected chi connectivity index (χ0v) is 41.4. The van der Waals surface area contributed by atoms with E-state index in [1.165, 1.54) is 116 Å². The summed E-state index contributed by atoms with van der Waals surface area (Å²) in [6.45, 7) is 6.33. The lowest BCUT2D eigenvalue weighted by Crippen LogP contribution is -2.46. The lowest BCUT2D eigenvalue weighted by molar-refractivity contribution is -0.151. The highest BCUT2D eigenvalue weighted by atomic mass is 16.5. The summed E-state index contributed by atoms with van der Waals surface area (Å²) in [4.78, 5) is 26.2. The van der Waals surface area contributed by atoms with Crippen LogP contribution in [-0.4, -0.2) is 46.9 Å². The van der Waals surface area contributed by atoms with Crippen LogP contribution in [0.5, 0.6) is 0 Å². The molecule has 0 radical (unpaired) electrons. The van der Waals surface area contributed by atoms with Crippen LogP contribution in [0.1, 0.15) is 252 Å². The number of hydrogen-bond donors (Lipinski definition) is 3. The number of aliphatic hydroxyl groups excluding tert-OH is 2. The first-order chi connectivity index (χ1) is 31.0. The minimum Gasteiger partial charge on any atom is -0.462 e. The fourth-order valence-corrected chi connectivity index (χ4v) is 7.75. The van der Waals surface area contributed by atoms with Crippen LogP contribution in [0.4, 0.5) is 0 Å². The molecule has 1 amide bonds. The highest BCUT2D eigenvalue weighted by Gasteiger charge is 2.24. The van der Waals surface area contributed by atoms with E-state index in [-0.39, 0.29) is 24.9 Å². The van der Waals surface area contributed by atoms with Gasteiger partial charge in [-0.15, -0.1) is 0 Å². The topological polar surface area (TPSA) is 95.9 Å². The molecule has 0 bridgehead atoms. The van der Waals surface area contributed by atoms with Gasteiger partial charge in [0.2, 0.25) is 5.91 Å². The van der Waals surface area contributed by atoms with E-state index in [0.717, 1.165) is 89.9 Å². The first-order valence-corrected chi connectivity index (χ1v) is 26.7. The zero-order valence-electron chi connectivity index (χ0n) is 41.4. The van der Waals surface area contributed by atoms with Crippen molar-refractivity contribution in [2.24, 2.45) is 0 Å². The van der Waals surface area contributed by atoms with Crippen molar-refractivity contribution in [1.29, 1.82) is 0 Å². The van der Waals surface area contributed by atoms with Crippen molar-refractivity contribution in [3.8, 4) is 0 Å². The fraction of sp³-hybridized carbons (Fsp3) is 0.754. The molecule has 63 heavy (non-hydrogen) atoms. The Morgan fingerprint density at radius 3 is 1.37 bits per heavy atom. The summed E-state index contributed by atoms with van der Waals surface area (Å²) in [5.74, 6) is -0.537. The normalized spacial score (nSPS) is 13.8. The summed E-state index contributed by atoms with van der Waals surface area (Å²) in [7, 11) is 0. The van der Waals surface area contributed by atoms with E-state index in [1.807, 2.05) is 0 Å². The first-order valence-electron chi connectivity index (χ1n) is 26.7. The molecule has 6 nitrogen and oxygen atoms in total. The minimum atomic E-state index is -0.806. The number of rotatable bonds is 47. The minimum absolute atomic E-state index is 0.0346. The Hall–Kier alpha value is -2.70. The number of carbonyl (C=O) groups is 2. The molecule has 0 aliphatic rings. The van der Waals surface area contributed by atoms with Gasteiger partial charge >= 0.3 is 5.97 Å². The van der Waals surface area contributed by atoms with Crippen LogP contribution in [0.2, 0.25) is 0 Å². The molecule has 0 aliphatic carbocycles. The van der Waals surface area contributed by atoms with Crippen molar-refractivity contribution in [3.63, 3.8) is 0 Å². The average molecular weight is 880 g/mol. The van der Waals surface area contributed by atoms with Gasteiger partial charge in [0.05, 0.1) is 25.2 Å². The van der Waals surface area contributed by atoms with Crippen molar-refractivity contribution in [3.05, 3.63) is 72.9 Å². The van der Waals surface area contributed by atoms with Crippen molar-refractivity contribution in [2.45, 2.75) is 270 Å². The first kappa shape index (κ1) is 60.3. The van der Waals surface area contributed by atoms with Crippen molar-refractivity contribution in [1.82, 2.24) is 5.32 Å². The molecule has 0 aromatic carbocycles. The molecule has 3 atom stereocenters. The summed E-state index contributed by atoms with van der Waals surface area (Å²) in [5, 5.41) is 23.8. The summed E-state index contributed by atoms with van der Waals surface area (Å²) in [6.07, 6.45) is 63.9. The van der Waals surface area contributed by atoms with E-state index in [9.17, 15) is 19.8 Å². The molecule has 0 saturated carbocycles. The van der Waals surface area contributed by atoms with Crippen LogP contribution in [-0.2, 0) is 14.3 Å². The van der Waals surface area contributed by atoms with Gasteiger partial charge in [-0.05, 0) is 89.9 Å². The molecular weight excluding hydrogens is 779 g/mol. The summed E-state index contributed by atoms with van der Waals surface area (Å²) in [5.41, 5.74) is 0. The molecule has 0 saturated heterocycles. The summed E-state index contributed by atoms with van der Waals surface area (Å²) in [6, 6.07) is -0.723. The predicted octanol–water partition coefficient (Wildman–Crippen LogP) is 16.2. The number of ether oxygens (including phenoxy) is 1. The monoisotopic (exact) mass is 880 g/mol. The Bertz CT molecular complexity index is 1170. The zero-order chi connectivity index (χ0) is 45.9. The van der Waals surface area contributed by atoms with Gasteiger partial charge in [0.15, 0.2) is 0 Å². The summed E-state index contributed by atoms with van der Waals surface area (Å²) >= 11 is 0. The van der Waals surface area contributed by atoms with Crippen LogP contribution >= 0.6 is 0 Å². The number of hydrogen-bond acceptors (Lipinski definition) is 5. The Morgan fingerprint density at radius 2 is 0.873 bits per heavy atom.